The van der Waals surface area contributed by atoms with Gasteiger partial charge in [0, 0.05) is 17.1 Å². The van der Waals surface area contributed by atoms with Crippen LogP contribution in [0, 0.1) is 6.92 Å². The van der Waals surface area contributed by atoms with E-state index in [9.17, 15) is 0 Å². The van der Waals surface area contributed by atoms with E-state index in [4.69, 9.17) is 9.31 Å². The molecular weight excluding hydrogens is 357 g/mol. The number of aryl methyl sites for hydroxylation is 1. The molecule has 1 fully saturated rings. The molecule has 0 unspecified atom stereocenters. The predicted octanol–water partition coefficient (Wildman–Crippen LogP) is 5.76. The maximum absolute atomic E-state index is 6.20. The lowest BCUT2D eigenvalue weighted by Crippen LogP contribution is -2.41. The zero-order valence-corrected chi connectivity index (χ0v) is 17.8. The summed E-state index contributed by atoms with van der Waals surface area (Å²) in [5.41, 5.74) is 4.95. The lowest BCUT2D eigenvalue weighted by molar-refractivity contribution is 0.00578. The molecule has 4 rings (SSSR count). The molecule has 0 radical (unpaired) electrons. The first-order valence-electron chi connectivity index (χ1n) is 10.1. The summed E-state index contributed by atoms with van der Waals surface area (Å²) in [6.07, 6.45) is 0. The van der Waals surface area contributed by atoms with Gasteiger partial charge in [-0.05, 0) is 76.5 Å². The lowest BCUT2D eigenvalue weighted by Gasteiger charge is -2.32. The molecule has 4 heteroatoms. The largest absolute Gasteiger partial charge is 0.494 e. The van der Waals surface area contributed by atoms with E-state index in [2.05, 4.69) is 112 Å². The highest BCUT2D eigenvalue weighted by Gasteiger charge is 2.51. The summed E-state index contributed by atoms with van der Waals surface area (Å²) in [5, 5.41) is 0. The molecule has 3 aromatic carbocycles. The maximum atomic E-state index is 6.20. The molecule has 0 spiro atoms. The van der Waals surface area contributed by atoms with Gasteiger partial charge in [-0.3, -0.25) is 0 Å². The van der Waals surface area contributed by atoms with Crippen LogP contribution in [0.3, 0.4) is 0 Å². The summed E-state index contributed by atoms with van der Waals surface area (Å²) in [4.78, 5) is 2.26. The summed E-state index contributed by atoms with van der Waals surface area (Å²) in [5.74, 6) is 0. The highest BCUT2D eigenvalue weighted by molar-refractivity contribution is 6.62. The standard InChI is InChI=1S/C25H28BNO2/c1-19-11-15-22(16-12-19)27(21-9-7-6-8-10-21)23-17-13-20(14-18-23)26-28-24(2,3)25(4,5)29-26/h6-18H,1-5H3. The molecule has 3 aromatic rings. The van der Waals surface area contributed by atoms with Crippen molar-refractivity contribution in [3.05, 3.63) is 84.4 Å². The van der Waals surface area contributed by atoms with Crippen molar-refractivity contribution >= 4 is 29.6 Å². The van der Waals surface area contributed by atoms with E-state index in [0.29, 0.717) is 0 Å². The third-order valence-electron chi connectivity index (χ3n) is 5.98. The highest BCUT2D eigenvalue weighted by atomic mass is 16.7. The van der Waals surface area contributed by atoms with E-state index < -0.39 is 0 Å². The second-order valence-electron chi connectivity index (χ2n) is 8.69. The van der Waals surface area contributed by atoms with Gasteiger partial charge in [0.15, 0.2) is 0 Å². The SMILES string of the molecule is Cc1ccc(N(c2ccccc2)c2ccc(B3OC(C)(C)C(C)(C)O3)cc2)cc1. The Balaban J connectivity index is 1.67. The van der Waals surface area contributed by atoms with Gasteiger partial charge in [0.05, 0.1) is 11.2 Å². The van der Waals surface area contributed by atoms with E-state index in [1.165, 1.54) is 5.56 Å². The first-order valence-corrected chi connectivity index (χ1v) is 10.1. The number of para-hydroxylation sites is 1. The first kappa shape index (κ1) is 19.7. The Hall–Kier alpha value is -2.56. The van der Waals surface area contributed by atoms with Crippen LogP contribution in [-0.2, 0) is 9.31 Å². The van der Waals surface area contributed by atoms with Crippen LogP contribution < -0.4 is 10.4 Å². The van der Waals surface area contributed by atoms with Gasteiger partial charge in [-0.2, -0.15) is 0 Å². The summed E-state index contributed by atoms with van der Waals surface area (Å²) >= 11 is 0. The second kappa shape index (κ2) is 7.36. The lowest BCUT2D eigenvalue weighted by atomic mass is 9.79. The predicted molar refractivity (Wildman–Crippen MR) is 122 cm³/mol. The molecule has 1 aliphatic rings. The molecule has 1 saturated heterocycles. The molecular formula is C25H28BNO2. The Morgan fingerprint density at radius 1 is 0.621 bits per heavy atom. The quantitative estimate of drug-likeness (QED) is 0.533. The average molecular weight is 385 g/mol. The van der Waals surface area contributed by atoms with Crippen LogP contribution in [0.4, 0.5) is 17.1 Å². The van der Waals surface area contributed by atoms with Gasteiger partial charge >= 0.3 is 7.12 Å². The van der Waals surface area contributed by atoms with Crippen molar-refractivity contribution in [2.24, 2.45) is 0 Å². The van der Waals surface area contributed by atoms with Crippen LogP contribution in [0.2, 0.25) is 0 Å². The Morgan fingerprint density at radius 2 is 1.07 bits per heavy atom. The maximum Gasteiger partial charge on any atom is 0.494 e. The minimum absolute atomic E-state index is 0.339. The van der Waals surface area contributed by atoms with Crippen LogP contribution in [0.15, 0.2) is 78.9 Å². The first-order chi connectivity index (χ1) is 13.8. The molecule has 0 bridgehead atoms. The van der Waals surface area contributed by atoms with Crippen molar-refractivity contribution in [2.45, 2.75) is 45.8 Å². The average Bonchev–Trinajstić information content (AvgIpc) is 2.92. The molecule has 0 aromatic heterocycles. The molecule has 3 nitrogen and oxygen atoms in total. The van der Waals surface area contributed by atoms with Gasteiger partial charge in [-0.1, -0.05) is 48.0 Å². The fourth-order valence-corrected chi connectivity index (χ4v) is 3.48. The molecule has 0 aliphatic carbocycles. The number of hydrogen-bond acceptors (Lipinski definition) is 3. The third-order valence-corrected chi connectivity index (χ3v) is 5.98. The van der Waals surface area contributed by atoms with Crippen LogP contribution in [-0.4, -0.2) is 18.3 Å². The molecule has 0 saturated carbocycles. The van der Waals surface area contributed by atoms with Crippen molar-refractivity contribution in [3.8, 4) is 0 Å². The number of rotatable bonds is 4. The van der Waals surface area contributed by atoms with Crippen LogP contribution in [0.5, 0.6) is 0 Å². The number of anilines is 3. The van der Waals surface area contributed by atoms with Crippen LogP contribution in [0.1, 0.15) is 33.3 Å². The van der Waals surface area contributed by atoms with E-state index in [1.54, 1.807) is 0 Å². The van der Waals surface area contributed by atoms with Crippen LogP contribution >= 0.6 is 0 Å². The van der Waals surface area contributed by atoms with Gasteiger partial charge in [0.25, 0.3) is 0 Å². The molecule has 1 aliphatic heterocycles. The minimum Gasteiger partial charge on any atom is -0.399 e. The Kier molecular flexibility index (Phi) is 5.01. The van der Waals surface area contributed by atoms with E-state index in [-0.39, 0.29) is 18.3 Å². The summed E-state index contributed by atoms with van der Waals surface area (Å²) < 4.78 is 12.4. The molecule has 0 atom stereocenters. The van der Waals surface area contributed by atoms with Gasteiger partial charge in [0.1, 0.15) is 0 Å². The molecule has 0 amide bonds. The Bertz CT molecular complexity index is 950. The van der Waals surface area contributed by atoms with E-state index in [0.717, 1.165) is 22.5 Å². The highest BCUT2D eigenvalue weighted by Crippen LogP contribution is 2.37. The smallest absolute Gasteiger partial charge is 0.399 e. The Morgan fingerprint density at radius 3 is 1.59 bits per heavy atom. The fraction of sp³-hybridized carbons (Fsp3) is 0.280. The zero-order valence-electron chi connectivity index (χ0n) is 17.8. The molecule has 0 N–H and O–H groups in total. The number of benzene rings is 3. The summed E-state index contributed by atoms with van der Waals surface area (Å²) in [6, 6.07) is 27.5. The number of nitrogens with zero attached hydrogens (tertiary/aromatic N) is 1. The van der Waals surface area contributed by atoms with Crippen LogP contribution in [0.25, 0.3) is 0 Å². The van der Waals surface area contributed by atoms with Gasteiger partial charge < -0.3 is 14.2 Å². The Labute approximate surface area is 174 Å². The number of hydrogen-bond donors (Lipinski definition) is 0. The topological polar surface area (TPSA) is 21.7 Å². The van der Waals surface area contributed by atoms with Crippen molar-refractivity contribution < 1.29 is 9.31 Å². The molecule has 148 valence electrons. The van der Waals surface area contributed by atoms with Crippen molar-refractivity contribution in [3.63, 3.8) is 0 Å². The van der Waals surface area contributed by atoms with E-state index >= 15 is 0 Å². The van der Waals surface area contributed by atoms with Crippen molar-refractivity contribution in [1.29, 1.82) is 0 Å². The van der Waals surface area contributed by atoms with Crippen molar-refractivity contribution in [1.82, 2.24) is 0 Å². The minimum atomic E-state index is -0.349. The normalized spacial score (nSPS) is 17.3. The third kappa shape index (κ3) is 3.83. The summed E-state index contributed by atoms with van der Waals surface area (Å²) in [6.45, 7) is 10.4. The zero-order chi connectivity index (χ0) is 20.6. The van der Waals surface area contributed by atoms with Gasteiger partial charge in [-0.15, -0.1) is 0 Å². The monoisotopic (exact) mass is 385 g/mol. The molecule has 1 heterocycles. The van der Waals surface area contributed by atoms with Crippen molar-refractivity contribution in [2.75, 3.05) is 4.90 Å². The van der Waals surface area contributed by atoms with E-state index in [1.807, 2.05) is 6.07 Å². The second-order valence-corrected chi connectivity index (χ2v) is 8.69. The molecule has 29 heavy (non-hydrogen) atoms. The fourth-order valence-electron chi connectivity index (χ4n) is 3.48. The van der Waals surface area contributed by atoms with Gasteiger partial charge in [0.2, 0.25) is 0 Å². The van der Waals surface area contributed by atoms with Gasteiger partial charge in [-0.25, -0.2) is 0 Å². The summed E-state index contributed by atoms with van der Waals surface area (Å²) in [7, 11) is -0.349.